The Bertz CT molecular complexity index is 602. The van der Waals surface area contributed by atoms with E-state index in [1.54, 1.807) is 0 Å². The number of benzene rings is 2. The molecule has 0 saturated heterocycles. The molecule has 0 aliphatic carbocycles. The molecule has 0 saturated carbocycles. The minimum Gasteiger partial charge on any atom is -0.396 e. The molecule has 25 heavy (non-hydrogen) atoms. The molecule has 0 unspecified atom stereocenters. The summed E-state index contributed by atoms with van der Waals surface area (Å²) in [6, 6.07) is 20.6. The van der Waals surface area contributed by atoms with Crippen molar-refractivity contribution in [2.24, 2.45) is 0 Å². The van der Waals surface area contributed by atoms with Crippen molar-refractivity contribution in [1.29, 1.82) is 0 Å². The third kappa shape index (κ3) is 5.40. The van der Waals surface area contributed by atoms with Crippen LogP contribution in [0.1, 0.15) is 56.7 Å². The summed E-state index contributed by atoms with van der Waals surface area (Å²) in [5.41, 5.74) is 1.32. The Morgan fingerprint density at radius 2 is 1.56 bits per heavy atom. The Hall–Kier alpha value is -1.68. The highest BCUT2D eigenvalue weighted by Crippen LogP contribution is 2.34. The summed E-state index contributed by atoms with van der Waals surface area (Å²) in [4.78, 5) is 2.14. The molecule has 2 rings (SSSR count). The topological polar surface area (TPSA) is 43.7 Å². The van der Waals surface area contributed by atoms with Crippen LogP contribution in [0, 0.1) is 0 Å². The molecule has 2 atom stereocenters. The molecule has 2 aromatic carbocycles. The maximum atomic E-state index is 11.5. The Labute approximate surface area is 151 Å². The molecule has 3 nitrogen and oxygen atoms in total. The summed E-state index contributed by atoms with van der Waals surface area (Å²) in [5.74, 6) is 0. The number of hydrogen-bond acceptors (Lipinski definition) is 3. The lowest BCUT2D eigenvalue weighted by atomic mass is 9.95. The summed E-state index contributed by atoms with van der Waals surface area (Å²) in [7, 11) is 0. The molecule has 0 aliphatic heterocycles. The van der Waals surface area contributed by atoms with Crippen molar-refractivity contribution < 1.29 is 10.2 Å². The second-order valence-corrected chi connectivity index (χ2v) is 6.76. The van der Waals surface area contributed by atoms with E-state index in [2.05, 4.69) is 43.0 Å². The van der Waals surface area contributed by atoms with Crippen LogP contribution in [0.4, 0.5) is 0 Å². The van der Waals surface area contributed by atoms with Gasteiger partial charge in [-0.15, -0.1) is 0 Å². The molecule has 3 heteroatoms. The first-order chi connectivity index (χ1) is 12.1. The molecule has 0 spiro atoms. The van der Waals surface area contributed by atoms with Crippen LogP contribution in [-0.4, -0.2) is 27.4 Å². The molecule has 2 N–H and O–H groups in total. The van der Waals surface area contributed by atoms with E-state index in [1.807, 2.05) is 36.4 Å². The predicted molar refractivity (Wildman–Crippen MR) is 103 cm³/mol. The van der Waals surface area contributed by atoms with Gasteiger partial charge in [0.15, 0.2) is 0 Å². The Morgan fingerprint density at radius 3 is 2.12 bits per heavy atom. The zero-order chi connectivity index (χ0) is 18.1. The molecule has 0 fully saturated rings. The van der Waals surface area contributed by atoms with E-state index in [9.17, 15) is 10.2 Å². The van der Waals surface area contributed by atoms with Gasteiger partial charge < -0.3 is 10.2 Å². The van der Waals surface area contributed by atoms with Crippen LogP contribution in [0.15, 0.2) is 60.7 Å². The van der Waals surface area contributed by atoms with Crippen molar-refractivity contribution in [2.45, 2.75) is 57.8 Å². The van der Waals surface area contributed by atoms with Gasteiger partial charge in [-0.2, -0.15) is 0 Å². The van der Waals surface area contributed by atoms with Crippen molar-refractivity contribution in [3.63, 3.8) is 0 Å². The number of hydrogen-bond donors (Lipinski definition) is 2. The summed E-state index contributed by atoms with van der Waals surface area (Å²) in [6.45, 7) is 4.89. The highest BCUT2D eigenvalue weighted by Gasteiger charge is 2.36. The Morgan fingerprint density at radius 1 is 0.960 bits per heavy atom. The first kappa shape index (κ1) is 19.6. The standard InChI is InChI=1S/C22H31NO2/c1-3-4-15-22(25,16-17-24)23(18-20-11-7-5-8-12-20)19(2)21-13-9-6-10-14-21/h5-14,19,24-25H,3-4,15-18H2,1-2H3/t19-,22-/m0/s1. The fourth-order valence-corrected chi connectivity index (χ4v) is 3.39. The summed E-state index contributed by atoms with van der Waals surface area (Å²) in [5, 5.41) is 21.0. The van der Waals surface area contributed by atoms with Crippen LogP contribution >= 0.6 is 0 Å². The van der Waals surface area contributed by atoms with Gasteiger partial charge in [0.05, 0.1) is 0 Å². The Balaban J connectivity index is 2.35. The van der Waals surface area contributed by atoms with Crippen molar-refractivity contribution >= 4 is 0 Å². The minimum absolute atomic E-state index is 0.0208. The van der Waals surface area contributed by atoms with Gasteiger partial charge >= 0.3 is 0 Å². The average molecular weight is 341 g/mol. The molecule has 0 heterocycles. The van der Waals surface area contributed by atoms with Gasteiger partial charge in [0.25, 0.3) is 0 Å². The zero-order valence-electron chi connectivity index (χ0n) is 15.4. The van der Waals surface area contributed by atoms with E-state index < -0.39 is 5.72 Å². The molecular formula is C22H31NO2. The van der Waals surface area contributed by atoms with Crippen LogP contribution in [0.3, 0.4) is 0 Å². The second-order valence-electron chi connectivity index (χ2n) is 6.76. The SMILES string of the molecule is CCCC[C@](O)(CCO)N(Cc1ccccc1)[C@@H](C)c1ccccc1. The highest BCUT2D eigenvalue weighted by molar-refractivity contribution is 5.20. The van der Waals surface area contributed by atoms with Gasteiger partial charge in [-0.05, 0) is 30.9 Å². The van der Waals surface area contributed by atoms with Crippen molar-refractivity contribution in [1.82, 2.24) is 4.90 Å². The minimum atomic E-state index is -1.02. The Kier molecular flexibility index (Phi) is 7.63. The van der Waals surface area contributed by atoms with E-state index >= 15 is 0 Å². The van der Waals surface area contributed by atoms with Crippen LogP contribution in [0.5, 0.6) is 0 Å². The van der Waals surface area contributed by atoms with Crippen LogP contribution in [0.25, 0.3) is 0 Å². The van der Waals surface area contributed by atoms with Crippen LogP contribution in [-0.2, 0) is 6.54 Å². The highest BCUT2D eigenvalue weighted by atomic mass is 16.3. The van der Waals surface area contributed by atoms with E-state index in [0.29, 0.717) is 19.4 Å². The lowest BCUT2D eigenvalue weighted by molar-refractivity contribution is -0.150. The number of aliphatic hydroxyl groups is 2. The quantitative estimate of drug-likeness (QED) is 0.625. The number of unbranched alkanes of at least 4 members (excludes halogenated alkanes) is 1. The van der Waals surface area contributed by atoms with Crippen molar-refractivity contribution in [2.75, 3.05) is 6.61 Å². The summed E-state index contributed by atoms with van der Waals surface area (Å²) in [6.07, 6.45) is 2.97. The lowest BCUT2D eigenvalue weighted by Crippen LogP contribution is -2.50. The molecule has 136 valence electrons. The summed E-state index contributed by atoms with van der Waals surface area (Å²) >= 11 is 0. The van der Waals surface area contributed by atoms with E-state index in [1.165, 1.54) is 5.56 Å². The first-order valence-electron chi connectivity index (χ1n) is 9.29. The van der Waals surface area contributed by atoms with Crippen LogP contribution < -0.4 is 0 Å². The number of aliphatic hydroxyl groups excluding tert-OH is 1. The van der Waals surface area contributed by atoms with E-state index in [0.717, 1.165) is 18.4 Å². The fraction of sp³-hybridized carbons (Fsp3) is 0.455. The van der Waals surface area contributed by atoms with Gasteiger partial charge in [-0.1, -0.05) is 74.0 Å². The third-order valence-corrected chi connectivity index (χ3v) is 4.92. The molecule has 0 aliphatic rings. The largest absolute Gasteiger partial charge is 0.396 e. The molecular weight excluding hydrogens is 310 g/mol. The lowest BCUT2D eigenvalue weighted by Gasteiger charge is -2.44. The molecule has 0 bridgehead atoms. The molecule has 0 aromatic heterocycles. The smallest absolute Gasteiger partial charge is 0.121 e. The molecule has 2 aromatic rings. The van der Waals surface area contributed by atoms with Gasteiger partial charge in [0, 0.05) is 25.6 Å². The zero-order valence-corrected chi connectivity index (χ0v) is 15.4. The van der Waals surface area contributed by atoms with Gasteiger partial charge in [-0.3, -0.25) is 4.90 Å². The van der Waals surface area contributed by atoms with E-state index in [-0.39, 0.29) is 12.6 Å². The van der Waals surface area contributed by atoms with E-state index in [4.69, 9.17) is 0 Å². The number of nitrogens with zero attached hydrogens (tertiary/aromatic N) is 1. The van der Waals surface area contributed by atoms with Gasteiger partial charge in [0.1, 0.15) is 5.72 Å². The molecule has 0 amide bonds. The maximum absolute atomic E-state index is 11.5. The maximum Gasteiger partial charge on any atom is 0.121 e. The molecule has 0 radical (unpaired) electrons. The second kappa shape index (κ2) is 9.71. The number of rotatable bonds is 10. The predicted octanol–water partition coefficient (Wildman–Crippen LogP) is 4.51. The van der Waals surface area contributed by atoms with Crippen molar-refractivity contribution in [3.8, 4) is 0 Å². The average Bonchev–Trinajstić information content (AvgIpc) is 2.65. The van der Waals surface area contributed by atoms with Gasteiger partial charge in [0.2, 0.25) is 0 Å². The van der Waals surface area contributed by atoms with Crippen molar-refractivity contribution in [3.05, 3.63) is 71.8 Å². The fourth-order valence-electron chi connectivity index (χ4n) is 3.39. The van der Waals surface area contributed by atoms with Crippen LogP contribution in [0.2, 0.25) is 0 Å². The monoisotopic (exact) mass is 341 g/mol. The summed E-state index contributed by atoms with van der Waals surface area (Å²) < 4.78 is 0. The van der Waals surface area contributed by atoms with Gasteiger partial charge in [-0.25, -0.2) is 0 Å². The normalized spacial score (nSPS) is 15.1. The third-order valence-electron chi connectivity index (χ3n) is 4.92. The first-order valence-corrected chi connectivity index (χ1v) is 9.29.